The average molecular weight is 729 g/mol. The number of nitrogens with two attached hydrogens (primary N) is 1. The van der Waals surface area contributed by atoms with Gasteiger partial charge in [0.15, 0.2) is 0 Å². The summed E-state index contributed by atoms with van der Waals surface area (Å²) in [6.45, 7) is -0.0182. The summed E-state index contributed by atoms with van der Waals surface area (Å²) in [5.74, 6) is 1.75. The molecule has 0 amide bonds. The number of nitro groups is 1. The molecule has 4 aromatic carbocycles. The standard InChI is InChI=1S/C37H37N4O10P/c1-45-29-15-9-26(10-16-29)37(25-7-5-4-6-8-25,27-11-17-30(46-2)18-12-27)48-24-33-32(23-35(49-33)40-22-21-34(38)39-36(40)42)51-52(47-3)50-31-19-13-28(14-20-31)41(43)44/h4-22,32-33,35H,23-24H2,1-3H3,(H2,38,39,42)/t32-,33+,35+,52?/m0/s1. The Morgan fingerprint density at radius 2 is 1.44 bits per heavy atom. The number of nitro benzene ring substituents is 1. The van der Waals surface area contributed by atoms with E-state index in [2.05, 4.69) is 4.98 Å². The van der Waals surface area contributed by atoms with Gasteiger partial charge in [0.2, 0.25) is 0 Å². The van der Waals surface area contributed by atoms with Gasteiger partial charge in [-0.1, -0.05) is 54.6 Å². The highest BCUT2D eigenvalue weighted by atomic mass is 31.2. The third kappa shape index (κ3) is 7.91. The van der Waals surface area contributed by atoms with Crippen LogP contribution in [0.25, 0.3) is 0 Å². The van der Waals surface area contributed by atoms with Gasteiger partial charge in [-0.25, -0.2) is 4.79 Å². The number of hydrogen-bond donors (Lipinski definition) is 1. The minimum absolute atomic E-state index is 0.0182. The molecule has 0 saturated carbocycles. The Balaban J connectivity index is 1.37. The van der Waals surface area contributed by atoms with Gasteiger partial charge in [0, 0.05) is 31.9 Å². The van der Waals surface area contributed by atoms with Gasteiger partial charge in [0.25, 0.3) is 5.69 Å². The molecule has 15 heteroatoms. The number of rotatable bonds is 15. The van der Waals surface area contributed by atoms with Crippen molar-refractivity contribution < 1.29 is 37.4 Å². The van der Waals surface area contributed by atoms with E-state index in [9.17, 15) is 14.9 Å². The zero-order valence-electron chi connectivity index (χ0n) is 28.6. The molecule has 1 fully saturated rings. The number of hydrogen-bond acceptors (Lipinski definition) is 12. The zero-order valence-corrected chi connectivity index (χ0v) is 29.5. The number of non-ortho nitro benzene ring substituents is 1. The maximum absolute atomic E-state index is 12.9. The molecule has 2 heterocycles. The zero-order chi connectivity index (χ0) is 36.7. The minimum atomic E-state index is -2.04. The first-order valence-electron chi connectivity index (χ1n) is 16.2. The summed E-state index contributed by atoms with van der Waals surface area (Å²) in [5.41, 5.74) is 6.41. The van der Waals surface area contributed by atoms with E-state index >= 15 is 0 Å². The number of anilines is 1. The van der Waals surface area contributed by atoms with E-state index < -0.39 is 43.3 Å². The summed E-state index contributed by atoms with van der Waals surface area (Å²) in [6, 6.07) is 32.2. The van der Waals surface area contributed by atoms with Crippen molar-refractivity contribution in [3.8, 4) is 17.2 Å². The molecular formula is C37H37N4O10P. The Bertz CT molecular complexity index is 1950. The molecule has 1 unspecified atom stereocenters. The SMILES string of the molecule is COc1ccc(C(OC[C@H]2O[C@@H](n3ccc(N)nc3=O)C[C@@H]2OP(OC)Oc2ccc([N+](=O)[O-])cc2)(c2ccccc2)c2ccc(OC)cc2)cc1. The van der Waals surface area contributed by atoms with Gasteiger partial charge in [-0.05, 0) is 59.2 Å². The van der Waals surface area contributed by atoms with Gasteiger partial charge >= 0.3 is 14.3 Å². The minimum Gasteiger partial charge on any atom is -0.497 e. The molecule has 270 valence electrons. The second kappa shape index (κ2) is 16.3. The lowest BCUT2D eigenvalue weighted by molar-refractivity contribution is -0.384. The fourth-order valence-electron chi connectivity index (χ4n) is 5.99. The van der Waals surface area contributed by atoms with Crippen LogP contribution in [0.3, 0.4) is 0 Å². The van der Waals surface area contributed by atoms with Crippen molar-refractivity contribution in [3.63, 3.8) is 0 Å². The highest BCUT2D eigenvalue weighted by Crippen LogP contribution is 2.47. The molecule has 0 aliphatic carbocycles. The number of nitrogen functional groups attached to an aromatic ring is 1. The molecule has 0 bridgehead atoms. The summed E-state index contributed by atoms with van der Waals surface area (Å²) >= 11 is 0. The van der Waals surface area contributed by atoms with E-state index in [0.717, 1.165) is 16.7 Å². The third-order valence-electron chi connectivity index (χ3n) is 8.58. The van der Waals surface area contributed by atoms with E-state index in [1.54, 1.807) is 14.2 Å². The monoisotopic (exact) mass is 728 g/mol. The number of benzene rings is 4. The lowest BCUT2D eigenvalue weighted by atomic mass is 9.80. The van der Waals surface area contributed by atoms with E-state index in [-0.39, 0.29) is 24.5 Å². The summed E-state index contributed by atoms with van der Waals surface area (Å²) in [7, 11) is 2.61. The Kier molecular flexibility index (Phi) is 11.4. The smallest absolute Gasteiger partial charge is 0.397 e. The molecular weight excluding hydrogens is 691 g/mol. The molecule has 0 spiro atoms. The second-order valence-corrected chi connectivity index (χ2v) is 12.8. The molecule has 1 aliphatic heterocycles. The van der Waals surface area contributed by atoms with Crippen LogP contribution in [-0.2, 0) is 24.1 Å². The molecule has 2 N–H and O–H groups in total. The fourth-order valence-corrected chi connectivity index (χ4v) is 6.93. The van der Waals surface area contributed by atoms with Gasteiger partial charge in [0.05, 0.1) is 25.7 Å². The Labute approximate surface area is 300 Å². The van der Waals surface area contributed by atoms with Crippen LogP contribution in [0, 0.1) is 10.1 Å². The Morgan fingerprint density at radius 3 is 1.98 bits per heavy atom. The predicted octanol–water partition coefficient (Wildman–Crippen LogP) is 6.38. The van der Waals surface area contributed by atoms with Crippen molar-refractivity contribution in [1.82, 2.24) is 9.55 Å². The van der Waals surface area contributed by atoms with Gasteiger partial charge in [0.1, 0.15) is 47.1 Å². The van der Waals surface area contributed by atoms with Crippen LogP contribution in [0.2, 0.25) is 0 Å². The van der Waals surface area contributed by atoms with Crippen molar-refractivity contribution in [2.24, 2.45) is 0 Å². The van der Waals surface area contributed by atoms with Crippen LogP contribution in [0.15, 0.2) is 120 Å². The molecule has 1 aliphatic rings. The maximum Gasteiger partial charge on any atom is 0.397 e. The lowest BCUT2D eigenvalue weighted by Crippen LogP contribution is -2.38. The van der Waals surface area contributed by atoms with Gasteiger partial charge in [-0.15, -0.1) is 0 Å². The van der Waals surface area contributed by atoms with Crippen LogP contribution < -0.4 is 25.4 Å². The first-order valence-corrected chi connectivity index (χ1v) is 17.3. The van der Waals surface area contributed by atoms with Crippen molar-refractivity contribution in [2.75, 3.05) is 33.7 Å². The van der Waals surface area contributed by atoms with Gasteiger partial charge < -0.3 is 33.7 Å². The van der Waals surface area contributed by atoms with Crippen LogP contribution in [0.1, 0.15) is 29.3 Å². The fraction of sp³-hybridized carbons (Fsp3) is 0.243. The largest absolute Gasteiger partial charge is 0.497 e. The van der Waals surface area contributed by atoms with Crippen LogP contribution >= 0.6 is 8.60 Å². The van der Waals surface area contributed by atoms with Crippen molar-refractivity contribution in [3.05, 3.63) is 153 Å². The topological polar surface area (TPSA) is 169 Å². The molecule has 0 radical (unpaired) electrons. The molecule has 52 heavy (non-hydrogen) atoms. The molecule has 4 atom stereocenters. The van der Waals surface area contributed by atoms with Gasteiger partial charge in [-0.3, -0.25) is 19.2 Å². The molecule has 6 rings (SSSR count). The molecule has 5 aromatic rings. The highest BCUT2D eigenvalue weighted by molar-refractivity contribution is 7.42. The maximum atomic E-state index is 12.9. The quantitative estimate of drug-likeness (QED) is 0.0547. The van der Waals surface area contributed by atoms with Crippen LogP contribution in [0.5, 0.6) is 17.2 Å². The number of aromatic nitrogens is 2. The van der Waals surface area contributed by atoms with E-state index in [1.807, 2.05) is 78.9 Å². The summed E-state index contributed by atoms with van der Waals surface area (Å²) in [6.07, 6.45) is -0.534. The van der Waals surface area contributed by atoms with Crippen LogP contribution in [-0.4, -0.2) is 54.6 Å². The number of ether oxygens (including phenoxy) is 4. The number of nitrogens with zero attached hydrogens (tertiary/aromatic N) is 3. The predicted molar refractivity (Wildman–Crippen MR) is 192 cm³/mol. The van der Waals surface area contributed by atoms with E-state index in [1.165, 1.54) is 48.2 Å². The first-order chi connectivity index (χ1) is 25.2. The molecule has 1 saturated heterocycles. The highest BCUT2D eigenvalue weighted by Gasteiger charge is 2.44. The van der Waals surface area contributed by atoms with Crippen LogP contribution in [0.4, 0.5) is 11.5 Å². The Morgan fingerprint density at radius 1 is 0.865 bits per heavy atom. The molecule has 14 nitrogen and oxygen atoms in total. The average Bonchev–Trinajstić information content (AvgIpc) is 3.57. The number of methoxy groups -OCH3 is 2. The molecule has 1 aromatic heterocycles. The van der Waals surface area contributed by atoms with Crippen molar-refractivity contribution in [1.29, 1.82) is 0 Å². The van der Waals surface area contributed by atoms with Gasteiger partial charge in [-0.2, -0.15) is 4.98 Å². The van der Waals surface area contributed by atoms with Crippen molar-refractivity contribution in [2.45, 2.75) is 30.5 Å². The summed E-state index contributed by atoms with van der Waals surface area (Å²) in [4.78, 5) is 27.4. The third-order valence-corrected chi connectivity index (χ3v) is 9.68. The summed E-state index contributed by atoms with van der Waals surface area (Å²) < 4.78 is 43.9. The van der Waals surface area contributed by atoms with E-state index in [0.29, 0.717) is 17.2 Å². The Hall–Kier alpha value is -5.37. The van der Waals surface area contributed by atoms with E-state index in [4.69, 9.17) is 38.3 Å². The lowest BCUT2D eigenvalue weighted by Gasteiger charge is -2.37. The summed E-state index contributed by atoms with van der Waals surface area (Å²) in [5, 5.41) is 11.2. The normalized spacial score (nSPS) is 17.7. The van der Waals surface area contributed by atoms with Crippen molar-refractivity contribution >= 4 is 20.1 Å². The first kappa shape index (κ1) is 36.4. The second-order valence-electron chi connectivity index (χ2n) is 11.6.